The molecule has 168 valence electrons. The minimum Gasteiger partial charge on any atom is -0.460 e. The van der Waals surface area contributed by atoms with E-state index in [-0.39, 0.29) is 42.7 Å². The Hall–Kier alpha value is -1.17. The van der Waals surface area contributed by atoms with Crippen molar-refractivity contribution in [1.82, 2.24) is 0 Å². The van der Waals surface area contributed by atoms with Crippen molar-refractivity contribution in [3.63, 3.8) is 0 Å². The van der Waals surface area contributed by atoms with Crippen molar-refractivity contribution < 1.29 is 24.5 Å². The van der Waals surface area contributed by atoms with Gasteiger partial charge in [-0.05, 0) is 58.3 Å². The van der Waals surface area contributed by atoms with Crippen LogP contribution in [0.15, 0.2) is 24.3 Å². The first-order valence-electron chi connectivity index (χ1n) is 11.3. The summed E-state index contributed by atoms with van der Waals surface area (Å²) in [5, 5.41) is 19.3. The highest BCUT2D eigenvalue weighted by Gasteiger charge is 2.40. The predicted octanol–water partition coefficient (Wildman–Crippen LogP) is 4.57. The molecule has 0 aromatic rings. The highest BCUT2D eigenvalue weighted by atomic mass is 16.5. The molecule has 5 heteroatoms. The van der Waals surface area contributed by atoms with Crippen LogP contribution in [0.1, 0.15) is 78.1 Å². The summed E-state index contributed by atoms with van der Waals surface area (Å²) in [7, 11) is 1.73. The molecule has 0 amide bonds. The largest absolute Gasteiger partial charge is 0.460 e. The Morgan fingerprint density at radius 2 is 1.76 bits per heavy atom. The third kappa shape index (κ3) is 11.0. The van der Waals surface area contributed by atoms with Gasteiger partial charge in [0.2, 0.25) is 0 Å². The molecule has 0 radical (unpaired) electrons. The van der Waals surface area contributed by atoms with Crippen LogP contribution in [0, 0.1) is 11.8 Å². The fourth-order valence-electron chi connectivity index (χ4n) is 4.08. The summed E-state index contributed by atoms with van der Waals surface area (Å²) in [6.45, 7) is 3.97. The molecule has 0 bridgehead atoms. The van der Waals surface area contributed by atoms with Crippen LogP contribution >= 0.6 is 0 Å². The molecule has 0 heterocycles. The second-order valence-corrected chi connectivity index (χ2v) is 8.35. The second-order valence-electron chi connectivity index (χ2n) is 8.35. The van der Waals surface area contributed by atoms with E-state index in [2.05, 4.69) is 12.2 Å². The predicted molar refractivity (Wildman–Crippen MR) is 117 cm³/mol. The fraction of sp³-hybridized carbons (Fsp3) is 0.792. The first-order valence-corrected chi connectivity index (χ1v) is 11.3. The van der Waals surface area contributed by atoms with Gasteiger partial charge in [-0.25, -0.2) is 4.79 Å². The monoisotopic (exact) mass is 410 g/mol. The van der Waals surface area contributed by atoms with Crippen LogP contribution < -0.4 is 0 Å². The third-order valence-corrected chi connectivity index (χ3v) is 5.60. The number of aliphatic hydroxyl groups is 2. The van der Waals surface area contributed by atoms with Crippen molar-refractivity contribution in [3.8, 4) is 0 Å². The van der Waals surface area contributed by atoms with Crippen LogP contribution in [0.4, 0.5) is 0 Å². The summed E-state index contributed by atoms with van der Waals surface area (Å²) in [5.74, 6) is 0.222. The number of aliphatic hydroxyl groups excluding tert-OH is 2. The molecular weight excluding hydrogens is 368 g/mol. The van der Waals surface area contributed by atoms with Crippen molar-refractivity contribution in [2.24, 2.45) is 11.8 Å². The molecule has 0 aliphatic heterocycles. The first kappa shape index (κ1) is 25.9. The molecule has 0 spiro atoms. The van der Waals surface area contributed by atoms with Gasteiger partial charge in [-0.3, -0.25) is 0 Å². The summed E-state index contributed by atoms with van der Waals surface area (Å²) in [5.41, 5.74) is 0. The quantitative estimate of drug-likeness (QED) is 0.179. The number of hydrogen-bond donors (Lipinski definition) is 2. The molecule has 5 nitrogen and oxygen atoms in total. The molecule has 2 N–H and O–H groups in total. The summed E-state index contributed by atoms with van der Waals surface area (Å²) in [6.07, 6.45) is 17.4. The number of carbonyl (C=O) groups excluding carboxylic acids is 1. The molecule has 1 unspecified atom stereocenters. The van der Waals surface area contributed by atoms with Crippen LogP contribution in [0.25, 0.3) is 0 Å². The van der Waals surface area contributed by atoms with Crippen LogP contribution in [0.2, 0.25) is 0 Å². The van der Waals surface area contributed by atoms with Crippen LogP contribution in [-0.4, -0.2) is 48.2 Å². The van der Waals surface area contributed by atoms with Gasteiger partial charge in [0.15, 0.2) is 0 Å². The van der Waals surface area contributed by atoms with Gasteiger partial charge in [-0.15, -0.1) is 0 Å². The molecule has 29 heavy (non-hydrogen) atoms. The van der Waals surface area contributed by atoms with Gasteiger partial charge in [-0.2, -0.15) is 0 Å². The molecule has 1 aliphatic rings. The maximum Gasteiger partial charge on any atom is 0.330 e. The fourth-order valence-corrected chi connectivity index (χ4v) is 4.08. The highest BCUT2D eigenvalue weighted by molar-refractivity contribution is 5.81. The normalized spacial score (nSPS) is 24.9. The molecule has 4 atom stereocenters. The molecule has 0 aromatic carbocycles. The zero-order valence-electron chi connectivity index (χ0n) is 18.6. The van der Waals surface area contributed by atoms with E-state index >= 15 is 0 Å². The van der Waals surface area contributed by atoms with Crippen molar-refractivity contribution in [3.05, 3.63) is 24.3 Å². The Morgan fingerprint density at radius 3 is 2.45 bits per heavy atom. The van der Waals surface area contributed by atoms with Gasteiger partial charge in [0, 0.05) is 32.1 Å². The van der Waals surface area contributed by atoms with Gasteiger partial charge in [0.1, 0.15) is 0 Å². The van der Waals surface area contributed by atoms with Crippen LogP contribution in [0.5, 0.6) is 0 Å². The standard InChI is InChI=1S/C24H42O5/c1-19(2)29-24(27)16-12-8-7-10-14-20-21(23(28-3)18-22(20)26)15-11-6-4-5-9-13-17-25/h11-12,15-16,19-23,25-26H,4-10,13-14,17-18H2,1-3H3/t20?,21-,22+,23-/m1/s1. The van der Waals surface area contributed by atoms with Crippen molar-refractivity contribution in [2.75, 3.05) is 13.7 Å². The Kier molecular flexibility index (Phi) is 14.0. The van der Waals surface area contributed by atoms with E-state index in [9.17, 15) is 9.90 Å². The smallest absolute Gasteiger partial charge is 0.330 e. The van der Waals surface area contributed by atoms with Crippen LogP contribution in [-0.2, 0) is 14.3 Å². The Balaban J connectivity index is 2.36. The zero-order chi connectivity index (χ0) is 21.5. The molecule has 0 aromatic heterocycles. The van der Waals surface area contributed by atoms with E-state index in [1.807, 2.05) is 19.9 Å². The average molecular weight is 411 g/mol. The summed E-state index contributed by atoms with van der Waals surface area (Å²) in [6, 6.07) is 0. The van der Waals surface area contributed by atoms with E-state index in [1.165, 1.54) is 6.08 Å². The number of allylic oxidation sites excluding steroid dienone is 2. The maximum absolute atomic E-state index is 11.5. The number of esters is 1. The Bertz CT molecular complexity index is 486. The Morgan fingerprint density at radius 1 is 1.07 bits per heavy atom. The second kappa shape index (κ2) is 15.6. The van der Waals surface area contributed by atoms with E-state index in [4.69, 9.17) is 14.6 Å². The zero-order valence-corrected chi connectivity index (χ0v) is 18.6. The lowest BCUT2D eigenvalue weighted by Crippen LogP contribution is -2.21. The van der Waals surface area contributed by atoms with Gasteiger partial charge >= 0.3 is 5.97 Å². The number of ether oxygens (including phenoxy) is 2. The lowest BCUT2D eigenvalue weighted by Gasteiger charge is -2.22. The number of unbranched alkanes of at least 4 members (excludes halogenated alkanes) is 6. The average Bonchev–Trinajstić information content (AvgIpc) is 2.98. The summed E-state index contributed by atoms with van der Waals surface area (Å²) >= 11 is 0. The Labute approximate surface area is 177 Å². The van der Waals surface area contributed by atoms with E-state index in [1.54, 1.807) is 7.11 Å². The summed E-state index contributed by atoms with van der Waals surface area (Å²) in [4.78, 5) is 11.5. The van der Waals surface area contributed by atoms with E-state index < -0.39 is 0 Å². The number of methoxy groups -OCH3 is 1. The lowest BCUT2D eigenvalue weighted by molar-refractivity contribution is -0.141. The van der Waals surface area contributed by atoms with Crippen molar-refractivity contribution >= 4 is 5.97 Å². The molecule has 1 rings (SSSR count). The number of carbonyl (C=O) groups is 1. The molecule has 0 saturated heterocycles. The number of rotatable bonds is 15. The highest BCUT2D eigenvalue weighted by Crippen LogP contribution is 2.38. The lowest BCUT2D eigenvalue weighted by atomic mass is 9.88. The van der Waals surface area contributed by atoms with Gasteiger partial charge in [-0.1, -0.05) is 37.5 Å². The van der Waals surface area contributed by atoms with Gasteiger partial charge in [0.05, 0.1) is 18.3 Å². The molecule has 1 fully saturated rings. The minimum absolute atomic E-state index is 0.0877. The van der Waals surface area contributed by atoms with Gasteiger partial charge < -0.3 is 19.7 Å². The summed E-state index contributed by atoms with van der Waals surface area (Å²) < 4.78 is 10.7. The maximum atomic E-state index is 11.5. The topological polar surface area (TPSA) is 76.0 Å². The van der Waals surface area contributed by atoms with Crippen LogP contribution in [0.3, 0.4) is 0 Å². The van der Waals surface area contributed by atoms with Crippen molar-refractivity contribution in [1.29, 1.82) is 0 Å². The van der Waals surface area contributed by atoms with Crippen molar-refractivity contribution in [2.45, 2.75) is 96.4 Å². The molecule has 1 saturated carbocycles. The minimum atomic E-state index is -0.310. The van der Waals surface area contributed by atoms with E-state index in [0.29, 0.717) is 6.42 Å². The number of hydrogen-bond acceptors (Lipinski definition) is 5. The SMILES string of the molecule is CO[C@@H]1C[C@H](O)C(CCCCC=CC(=O)OC(C)C)[C@H]1C=CCCCCCCO. The van der Waals surface area contributed by atoms with Gasteiger partial charge in [0.25, 0.3) is 0 Å². The third-order valence-electron chi connectivity index (χ3n) is 5.60. The van der Waals surface area contributed by atoms with E-state index in [0.717, 1.165) is 57.8 Å². The molecule has 1 aliphatic carbocycles. The first-order chi connectivity index (χ1) is 14.0. The molecular formula is C24H42O5.